The van der Waals surface area contributed by atoms with E-state index in [2.05, 4.69) is 32.2 Å². The maximum absolute atomic E-state index is 12.2. The van der Waals surface area contributed by atoms with Crippen LogP contribution in [0.5, 0.6) is 17.2 Å². The Morgan fingerprint density at radius 3 is 2.53 bits per heavy atom. The molecular weight excluding hydrogens is 402 g/mol. The lowest BCUT2D eigenvalue weighted by atomic mass is 9.79. The lowest BCUT2D eigenvalue weighted by Gasteiger charge is -2.27. The number of hydrogen-bond acceptors (Lipinski definition) is 4. The van der Waals surface area contributed by atoms with Crippen molar-refractivity contribution in [3.8, 4) is 17.2 Å². The first-order valence-electron chi connectivity index (χ1n) is 11.4. The standard InChI is InChI=1S/C27H37NO4/c1-5-6-7-8-16-27(2,3)22-18-20(10-13-25(22)32-4)11-14-26(31)28-17-15-21-9-12-23(29)24(30)19-21/h9-14,18-19,29-30H,5-8,15-17H2,1-4H3,(H,28,31)/b14-11-. The Morgan fingerprint density at radius 1 is 1.06 bits per heavy atom. The zero-order chi connectivity index (χ0) is 23.6. The van der Waals surface area contributed by atoms with E-state index in [1.807, 2.05) is 18.2 Å². The van der Waals surface area contributed by atoms with E-state index >= 15 is 0 Å². The number of aromatic hydroxyl groups is 2. The number of methoxy groups -OCH3 is 1. The van der Waals surface area contributed by atoms with Crippen LogP contribution in [-0.2, 0) is 16.6 Å². The molecule has 0 saturated heterocycles. The number of nitrogens with one attached hydrogen (secondary N) is 1. The third kappa shape index (κ3) is 7.63. The minimum absolute atomic E-state index is 0.0130. The molecule has 5 nitrogen and oxygen atoms in total. The van der Waals surface area contributed by atoms with Crippen molar-refractivity contribution in [2.45, 2.75) is 64.7 Å². The zero-order valence-electron chi connectivity index (χ0n) is 19.8. The lowest BCUT2D eigenvalue weighted by Crippen LogP contribution is -2.23. The molecule has 2 aromatic carbocycles. The molecule has 0 aliphatic heterocycles. The van der Waals surface area contributed by atoms with Crippen LogP contribution in [0.1, 0.15) is 69.6 Å². The fraction of sp³-hybridized carbons (Fsp3) is 0.444. The summed E-state index contributed by atoms with van der Waals surface area (Å²) in [6, 6.07) is 10.7. The highest BCUT2D eigenvalue weighted by Gasteiger charge is 2.24. The first kappa shape index (κ1) is 25.3. The molecule has 5 heteroatoms. The topological polar surface area (TPSA) is 78.8 Å². The minimum Gasteiger partial charge on any atom is -0.504 e. The van der Waals surface area contributed by atoms with Gasteiger partial charge in [0.05, 0.1) is 7.11 Å². The number of unbranched alkanes of at least 4 members (excludes halogenated alkanes) is 3. The number of amides is 1. The number of carbonyl (C=O) groups excluding carboxylic acids is 1. The second kappa shape index (κ2) is 12.2. The smallest absolute Gasteiger partial charge is 0.244 e. The van der Waals surface area contributed by atoms with Gasteiger partial charge in [-0.3, -0.25) is 4.79 Å². The fourth-order valence-electron chi connectivity index (χ4n) is 3.77. The van der Waals surface area contributed by atoms with Crippen molar-refractivity contribution < 1.29 is 19.7 Å². The highest BCUT2D eigenvalue weighted by molar-refractivity contribution is 5.91. The maximum Gasteiger partial charge on any atom is 0.244 e. The van der Waals surface area contributed by atoms with Crippen LogP contribution in [0.25, 0.3) is 6.08 Å². The molecule has 174 valence electrons. The number of carbonyl (C=O) groups is 1. The summed E-state index contributed by atoms with van der Waals surface area (Å²) in [7, 11) is 1.70. The van der Waals surface area contributed by atoms with Crippen LogP contribution in [0.3, 0.4) is 0 Å². The van der Waals surface area contributed by atoms with Crippen LogP contribution in [-0.4, -0.2) is 29.8 Å². The number of phenolic OH excluding ortho intramolecular Hbond substituents is 2. The summed E-state index contributed by atoms with van der Waals surface area (Å²) >= 11 is 0. The number of hydrogen-bond donors (Lipinski definition) is 3. The van der Waals surface area contributed by atoms with E-state index in [1.165, 1.54) is 43.9 Å². The number of phenols is 2. The van der Waals surface area contributed by atoms with E-state index in [1.54, 1.807) is 13.2 Å². The molecule has 2 aromatic rings. The van der Waals surface area contributed by atoms with Gasteiger partial charge < -0.3 is 20.3 Å². The van der Waals surface area contributed by atoms with Crippen LogP contribution >= 0.6 is 0 Å². The molecule has 0 spiro atoms. The predicted molar refractivity (Wildman–Crippen MR) is 130 cm³/mol. The van der Waals surface area contributed by atoms with Gasteiger partial charge in [-0.1, -0.05) is 58.6 Å². The molecule has 0 aliphatic rings. The highest BCUT2D eigenvalue weighted by atomic mass is 16.5. The summed E-state index contributed by atoms with van der Waals surface area (Å²) in [5, 5.41) is 21.8. The molecule has 1 amide bonds. The summed E-state index contributed by atoms with van der Waals surface area (Å²) in [5.41, 5.74) is 2.94. The van der Waals surface area contributed by atoms with Gasteiger partial charge in [-0.2, -0.15) is 0 Å². The van der Waals surface area contributed by atoms with Crippen molar-refractivity contribution in [3.63, 3.8) is 0 Å². The molecule has 0 atom stereocenters. The number of ether oxygens (including phenoxy) is 1. The van der Waals surface area contributed by atoms with Crippen LogP contribution in [0.2, 0.25) is 0 Å². The van der Waals surface area contributed by atoms with Crippen LogP contribution < -0.4 is 10.1 Å². The molecule has 3 N–H and O–H groups in total. The Labute approximate surface area is 192 Å². The Morgan fingerprint density at radius 2 is 1.84 bits per heavy atom. The Bertz CT molecular complexity index is 918. The second-order valence-electron chi connectivity index (χ2n) is 8.85. The highest BCUT2D eigenvalue weighted by Crippen LogP contribution is 2.36. The summed E-state index contributed by atoms with van der Waals surface area (Å²) in [5.74, 6) is 0.398. The van der Waals surface area contributed by atoms with E-state index in [0.717, 1.165) is 28.9 Å². The normalized spacial score (nSPS) is 11.6. The molecule has 0 heterocycles. The Hall–Kier alpha value is -2.95. The third-order valence-corrected chi connectivity index (χ3v) is 5.79. The van der Waals surface area contributed by atoms with Crippen molar-refractivity contribution in [1.29, 1.82) is 0 Å². The Balaban J connectivity index is 1.97. The maximum atomic E-state index is 12.2. The van der Waals surface area contributed by atoms with E-state index < -0.39 is 0 Å². The molecule has 2 rings (SSSR count). The largest absolute Gasteiger partial charge is 0.504 e. The first-order valence-corrected chi connectivity index (χ1v) is 11.4. The quantitative estimate of drug-likeness (QED) is 0.224. The van der Waals surface area contributed by atoms with E-state index in [9.17, 15) is 15.0 Å². The van der Waals surface area contributed by atoms with Gasteiger partial charge in [0.1, 0.15) is 5.75 Å². The van der Waals surface area contributed by atoms with Gasteiger partial charge >= 0.3 is 0 Å². The summed E-state index contributed by atoms with van der Waals surface area (Å²) in [6.07, 6.45) is 9.92. The molecule has 0 radical (unpaired) electrons. The summed E-state index contributed by atoms with van der Waals surface area (Å²) in [4.78, 5) is 12.2. The summed E-state index contributed by atoms with van der Waals surface area (Å²) in [6.45, 7) is 7.15. The van der Waals surface area contributed by atoms with E-state index in [4.69, 9.17) is 4.74 Å². The molecule has 0 fully saturated rings. The second-order valence-corrected chi connectivity index (χ2v) is 8.85. The van der Waals surface area contributed by atoms with Gasteiger partial charge in [0.25, 0.3) is 0 Å². The van der Waals surface area contributed by atoms with Gasteiger partial charge in [-0.25, -0.2) is 0 Å². The molecular formula is C27H37NO4. The molecule has 0 unspecified atom stereocenters. The number of rotatable bonds is 12. The van der Waals surface area contributed by atoms with Crippen molar-refractivity contribution in [2.75, 3.05) is 13.7 Å². The summed E-state index contributed by atoms with van der Waals surface area (Å²) < 4.78 is 5.61. The Kier molecular flexibility index (Phi) is 9.63. The van der Waals surface area contributed by atoms with Gasteiger partial charge in [-0.05, 0) is 59.7 Å². The van der Waals surface area contributed by atoms with Gasteiger partial charge in [0, 0.05) is 18.2 Å². The van der Waals surface area contributed by atoms with Gasteiger partial charge in [0.2, 0.25) is 5.91 Å². The first-order chi connectivity index (χ1) is 15.3. The van der Waals surface area contributed by atoms with Crippen molar-refractivity contribution in [2.24, 2.45) is 0 Å². The van der Waals surface area contributed by atoms with Crippen molar-refractivity contribution in [1.82, 2.24) is 5.32 Å². The molecule has 0 aromatic heterocycles. The minimum atomic E-state index is -0.177. The van der Waals surface area contributed by atoms with Crippen LogP contribution in [0, 0.1) is 0 Å². The van der Waals surface area contributed by atoms with E-state index in [0.29, 0.717) is 13.0 Å². The van der Waals surface area contributed by atoms with Crippen molar-refractivity contribution >= 4 is 12.0 Å². The molecule has 0 saturated carbocycles. The van der Waals surface area contributed by atoms with Crippen LogP contribution in [0.15, 0.2) is 42.5 Å². The molecule has 0 bridgehead atoms. The van der Waals surface area contributed by atoms with Gasteiger partial charge in [0.15, 0.2) is 11.5 Å². The third-order valence-electron chi connectivity index (χ3n) is 5.79. The zero-order valence-corrected chi connectivity index (χ0v) is 19.8. The van der Waals surface area contributed by atoms with Crippen LogP contribution in [0.4, 0.5) is 0 Å². The predicted octanol–water partition coefficient (Wildman–Crippen LogP) is 5.73. The monoisotopic (exact) mass is 439 g/mol. The average molecular weight is 440 g/mol. The molecule has 32 heavy (non-hydrogen) atoms. The lowest BCUT2D eigenvalue weighted by molar-refractivity contribution is -0.116. The van der Waals surface area contributed by atoms with Crippen molar-refractivity contribution in [3.05, 3.63) is 59.2 Å². The molecule has 0 aliphatic carbocycles. The average Bonchev–Trinajstić information content (AvgIpc) is 2.77. The van der Waals surface area contributed by atoms with E-state index in [-0.39, 0.29) is 22.8 Å². The SMILES string of the molecule is CCCCCCC(C)(C)c1cc(/C=C\C(=O)NCCc2ccc(O)c(O)c2)ccc1OC. The fourth-order valence-corrected chi connectivity index (χ4v) is 3.77. The number of benzene rings is 2. The van der Waals surface area contributed by atoms with Gasteiger partial charge in [-0.15, -0.1) is 0 Å².